The number of nitrogens with zero attached hydrogens (tertiary/aromatic N) is 4. The van der Waals surface area contributed by atoms with Crippen LogP contribution in [0.15, 0.2) is 24.3 Å². The molecule has 1 aromatic heterocycles. The van der Waals surface area contributed by atoms with Crippen LogP contribution >= 0.6 is 0 Å². The molecule has 0 radical (unpaired) electrons. The number of hydrogen-bond donors (Lipinski definition) is 0. The number of hydrogen-bond acceptors (Lipinski definition) is 4. The first-order chi connectivity index (χ1) is 13.0. The van der Waals surface area contributed by atoms with Gasteiger partial charge in [-0.15, -0.1) is 0 Å². The Morgan fingerprint density at radius 2 is 1.67 bits per heavy atom. The Kier molecular flexibility index (Phi) is 6.09. The first kappa shape index (κ1) is 19.3. The minimum Gasteiger partial charge on any atom is -0.353 e. The summed E-state index contributed by atoms with van der Waals surface area (Å²) in [5.41, 5.74) is 4.25. The summed E-state index contributed by atoms with van der Waals surface area (Å²) in [4.78, 5) is 26.1. The van der Waals surface area contributed by atoms with Crippen LogP contribution < -0.4 is 4.90 Å². The molecule has 0 aliphatic carbocycles. The van der Waals surface area contributed by atoms with Gasteiger partial charge in [0.2, 0.25) is 0 Å². The van der Waals surface area contributed by atoms with Crippen molar-refractivity contribution >= 4 is 11.7 Å². The van der Waals surface area contributed by atoms with E-state index < -0.39 is 0 Å². The molecule has 1 aliphatic rings. The van der Waals surface area contributed by atoms with Crippen LogP contribution in [0.25, 0.3) is 0 Å². The van der Waals surface area contributed by atoms with Crippen LogP contribution in [-0.4, -0.2) is 47.0 Å². The summed E-state index contributed by atoms with van der Waals surface area (Å²) in [6, 6.07) is 8.13. The third kappa shape index (κ3) is 4.46. The number of anilines is 1. The molecule has 0 saturated carbocycles. The van der Waals surface area contributed by atoms with Gasteiger partial charge < -0.3 is 9.80 Å². The van der Waals surface area contributed by atoms with Gasteiger partial charge in [0, 0.05) is 43.0 Å². The van der Waals surface area contributed by atoms with Gasteiger partial charge in [0.25, 0.3) is 5.91 Å². The molecule has 1 aromatic carbocycles. The Bertz CT molecular complexity index is 793. The van der Waals surface area contributed by atoms with E-state index in [9.17, 15) is 4.79 Å². The first-order valence-corrected chi connectivity index (χ1v) is 9.94. The zero-order valence-corrected chi connectivity index (χ0v) is 17.0. The highest BCUT2D eigenvalue weighted by molar-refractivity contribution is 5.94. The minimum atomic E-state index is 0.128. The van der Waals surface area contributed by atoms with E-state index in [2.05, 4.69) is 40.8 Å². The maximum atomic E-state index is 12.8. The maximum Gasteiger partial charge on any atom is 0.253 e. The van der Waals surface area contributed by atoms with E-state index in [1.165, 1.54) is 18.4 Å². The molecule has 0 bridgehead atoms. The van der Waals surface area contributed by atoms with Crippen molar-refractivity contribution in [3.8, 4) is 0 Å². The Balaban J connectivity index is 1.63. The van der Waals surface area contributed by atoms with Crippen molar-refractivity contribution < 1.29 is 4.79 Å². The van der Waals surface area contributed by atoms with Gasteiger partial charge in [-0.05, 0) is 51.3 Å². The molecule has 27 heavy (non-hydrogen) atoms. The Morgan fingerprint density at radius 3 is 2.30 bits per heavy atom. The lowest BCUT2D eigenvalue weighted by atomic mass is 10.1. The van der Waals surface area contributed by atoms with E-state index in [-0.39, 0.29) is 5.91 Å². The molecule has 1 amide bonds. The SMILES string of the molecule is CCCCc1ccc(C(=O)N2CCN(c3nc(C)nc(C)c3C)CC2)cc1. The fourth-order valence-corrected chi connectivity index (χ4v) is 3.56. The molecular weight excluding hydrogens is 336 g/mol. The molecule has 5 heteroatoms. The standard InChI is InChI=1S/C22H30N4O/c1-5-6-7-19-8-10-20(11-9-19)22(27)26-14-12-25(13-15-26)21-16(2)17(3)23-18(4)24-21/h8-11H,5-7,12-15H2,1-4H3. The van der Waals surface area contributed by atoms with Crippen molar-refractivity contribution in [2.45, 2.75) is 47.0 Å². The summed E-state index contributed by atoms with van der Waals surface area (Å²) < 4.78 is 0. The van der Waals surface area contributed by atoms with Crippen LogP contribution in [0.2, 0.25) is 0 Å². The van der Waals surface area contributed by atoms with Crippen molar-refractivity contribution in [2.24, 2.45) is 0 Å². The monoisotopic (exact) mass is 366 g/mol. The summed E-state index contributed by atoms with van der Waals surface area (Å²) in [6.45, 7) is 11.3. The van der Waals surface area contributed by atoms with Crippen LogP contribution in [-0.2, 0) is 6.42 Å². The smallest absolute Gasteiger partial charge is 0.253 e. The van der Waals surface area contributed by atoms with E-state index >= 15 is 0 Å². The van der Waals surface area contributed by atoms with Crippen LogP contribution in [0.3, 0.4) is 0 Å². The van der Waals surface area contributed by atoms with Crippen molar-refractivity contribution in [1.82, 2.24) is 14.9 Å². The average Bonchev–Trinajstić information content (AvgIpc) is 2.69. The zero-order valence-electron chi connectivity index (χ0n) is 17.0. The Hall–Kier alpha value is -2.43. The highest BCUT2D eigenvalue weighted by Gasteiger charge is 2.24. The second kappa shape index (κ2) is 8.51. The van der Waals surface area contributed by atoms with Crippen LogP contribution in [0.5, 0.6) is 0 Å². The van der Waals surface area contributed by atoms with Crippen LogP contribution in [0.4, 0.5) is 5.82 Å². The normalized spacial score (nSPS) is 14.5. The van der Waals surface area contributed by atoms with E-state index in [1.807, 2.05) is 30.9 Å². The number of rotatable bonds is 5. The zero-order chi connectivity index (χ0) is 19.4. The lowest BCUT2D eigenvalue weighted by Crippen LogP contribution is -2.49. The third-order valence-corrected chi connectivity index (χ3v) is 5.36. The topological polar surface area (TPSA) is 49.3 Å². The molecule has 0 atom stereocenters. The van der Waals surface area contributed by atoms with E-state index in [0.29, 0.717) is 0 Å². The highest BCUT2D eigenvalue weighted by Crippen LogP contribution is 2.21. The lowest BCUT2D eigenvalue weighted by molar-refractivity contribution is 0.0746. The van der Waals surface area contributed by atoms with Crippen molar-refractivity contribution in [3.05, 3.63) is 52.5 Å². The van der Waals surface area contributed by atoms with Crippen molar-refractivity contribution in [2.75, 3.05) is 31.1 Å². The summed E-state index contributed by atoms with van der Waals surface area (Å²) in [6.07, 6.45) is 3.47. The molecule has 1 aliphatic heterocycles. The van der Waals surface area contributed by atoms with Gasteiger partial charge in [0.1, 0.15) is 11.6 Å². The maximum absolute atomic E-state index is 12.8. The van der Waals surface area contributed by atoms with Crippen LogP contribution in [0, 0.1) is 20.8 Å². The largest absolute Gasteiger partial charge is 0.353 e. The highest BCUT2D eigenvalue weighted by atomic mass is 16.2. The molecule has 0 spiro atoms. The number of aromatic nitrogens is 2. The summed E-state index contributed by atoms with van der Waals surface area (Å²) in [7, 11) is 0. The number of amides is 1. The number of carbonyl (C=O) groups excluding carboxylic acids is 1. The van der Waals surface area contributed by atoms with E-state index in [0.717, 1.165) is 61.1 Å². The molecule has 1 saturated heterocycles. The number of carbonyl (C=O) groups is 1. The van der Waals surface area contributed by atoms with Crippen molar-refractivity contribution in [3.63, 3.8) is 0 Å². The van der Waals surface area contributed by atoms with Crippen LogP contribution in [0.1, 0.15) is 52.8 Å². The quantitative estimate of drug-likeness (QED) is 0.809. The van der Waals surface area contributed by atoms with Gasteiger partial charge in [-0.2, -0.15) is 0 Å². The molecule has 144 valence electrons. The summed E-state index contributed by atoms with van der Waals surface area (Å²) >= 11 is 0. The molecule has 1 fully saturated rings. The van der Waals surface area contributed by atoms with E-state index in [4.69, 9.17) is 0 Å². The molecule has 3 rings (SSSR count). The molecule has 2 heterocycles. The molecular formula is C22H30N4O. The third-order valence-electron chi connectivity index (χ3n) is 5.36. The Morgan fingerprint density at radius 1 is 1.00 bits per heavy atom. The molecule has 5 nitrogen and oxygen atoms in total. The fourth-order valence-electron chi connectivity index (χ4n) is 3.56. The summed E-state index contributed by atoms with van der Waals surface area (Å²) in [5.74, 6) is 1.94. The van der Waals surface area contributed by atoms with Gasteiger partial charge in [-0.3, -0.25) is 4.79 Å². The Labute approximate surface area is 162 Å². The molecule has 0 N–H and O–H groups in total. The van der Waals surface area contributed by atoms with Crippen molar-refractivity contribution in [1.29, 1.82) is 0 Å². The van der Waals surface area contributed by atoms with Gasteiger partial charge in [-0.25, -0.2) is 9.97 Å². The molecule has 2 aromatic rings. The van der Waals surface area contributed by atoms with Gasteiger partial charge >= 0.3 is 0 Å². The second-order valence-corrected chi connectivity index (χ2v) is 7.38. The van der Waals surface area contributed by atoms with E-state index in [1.54, 1.807) is 0 Å². The minimum absolute atomic E-state index is 0.128. The second-order valence-electron chi connectivity index (χ2n) is 7.38. The number of benzene rings is 1. The first-order valence-electron chi connectivity index (χ1n) is 9.94. The fraction of sp³-hybridized carbons (Fsp3) is 0.500. The molecule has 0 unspecified atom stereocenters. The van der Waals surface area contributed by atoms with Gasteiger partial charge in [-0.1, -0.05) is 25.5 Å². The predicted molar refractivity (Wildman–Crippen MR) is 109 cm³/mol. The van der Waals surface area contributed by atoms with Gasteiger partial charge in [0.15, 0.2) is 0 Å². The number of aryl methyl sites for hydroxylation is 3. The predicted octanol–water partition coefficient (Wildman–Crippen LogP) is 3.71. The number of piperazine rings is 1. The average molecular weight is 367 g/mol. The number of unbranched alkanes of at least 4 members (excludes halogenated alkanes) is 1. The summed E-state index contributed by atoms with van der Waals surface area (Å²) in [5, 5.41) is 0. The lowest BCUT2D eigenvalue weighted by Gasteiger charge is -2.36. The van der Waals surface area contributed by atoms with Gasteiger partial charge in [0.05, 0.1) is 0 Å².